The van der Waals surface area contributed by atoms with E-state index in [1.807, 2.05) is 37.4 Å². The Morgan fingerprint density at radius 2 is 2.19 bits per heavy atom. The third-order valence-electron chi connectivity index (χ3n) is 2.93. The standard InChI is InChI=1S/C15H16N4OS/c1-2-20-8-9-21-15-6-5-13-14(17-15)11-19(18-13)12-4-3-7-16-10-12/h3-7,10-11H,2,8-9H2,1H3. The van der Waals surface area contributed by atoms with E-state index in [9.17, 15) is 0 Å². The van der Waals surface area contributed by atoms with Crippen LogP contribution in [0.3, 0.4) is 0 Å². The minimum absolute atomic E-state index is 0.746. The molecule has 0 amide bonds. The maximum Gasteiger partial charge on any atom is 0.111 e. The predicted molar refractivity (Wildman–Crippen MR) is 83.9 cm³/mol. The maximum absolute atomic E-state index is 5.33. The highest BCUT2D eigenvalue weighted by Crippen LogP contribution is 2.20. The predicted octanol–water partition coefficient (Wildman–Crippen LogP) is 2.94. The molecule has 0 unspecified atom stereocenters. The number of nitrogens with zero attached hydrogens (tertiary/aromatic N) is 4. The first-order valence-electron chi connectivity index (χ1n) is 6.84. The number of fused-ring (bicyclic) bond motifs is 1. The first-order chi connectivity index (χ1) is 10.4. The van der Waals surface area contributed by atoms with Gasteiger partial charge in [-0.2, -0.15) is 5.10 Å². The van der Waals surface area contributed by atoms with Gasteiger partial charge in [0, 0.05) is 18.6 Å². The van der Waals surface area contributed by atoms with Crippen LogP contribution in [-0.4, -0.2) is 38.7 Å². The molecule has 0 aliphatic carbocycles. The summed E-state index contributed by atoms with van der Waals surface area (Å²) in [4.78, 5) is 8.73. The van der Waals surface area contributed by atoms with E-state index in [1.54, 1.807) is 28.8 Å². The van der Waals surface area contributed by atoms with Crippen LogP contribution >= 0.6 is 11.8 Å². The fourth-order valence-corrected chi connectivity index (χ4v) is 2.68. The number of rotatable bonds is 6. The fraction of sp³-hybridized carbons (Fsp3) is 0.267. The SMILES string of the molecule is CCOCCSc1ccc2nn(-c3cccnc3)cc2n1. The number of pyridine rings is 2. The molecule has 0 aliphatic heterocycles. The Bertz CT molecular complexity index is 714. The summed E-state index contributed by atoms with van der Waals surface area (Å²) in [5.74, 6) is 0.906. The lowest BCUT2D eigenvalue weighted by molar-refractivity contribution is 0.164. The van der Waals surface area contributed by atoms with Crippen molar-refractivity contribution in [1.29, 1.82) is 0 Å². The zero-order chi connectivity index (χ0) is 14.5. The quantitative estimate of drug-likeness (QED) is 0.517. The molecule has 0 N–H and O–H groups in total. The van der Waals surface area contributed by atoms with E-state index in [-0.39, 0.29) is 0 Å². The number of aromatic nitrogens is 4. The van der Waals surface area contributed by atoms with Crippen LogP contribution in [0.1, 0.15) is 6.92 Å². The molecule has 3 heterocycles. The summed E-state index contributed by atoms with van der Waals surface area (Å²) in [7, 11) is 0. The number of thioether (sulfide) groups is 1. The van der Waals surface area contributed by atoms with Gasteiger partial charge in [0.2, 0.25) is 0 Å². The lowest BCUT2D eigenvalue weighted by Gasteiger charge is -2.00. The average molecular weight is 300 g/mol. The van der Waals surface area contributed by atoms with Crippen molar-refractivity contribution in [2.45, 2.75) is 11.9 Å². The Balaban J connectivity index is 1.79. The molecular formula is C15H16N4OS. The molecule has 0 aromatic carbocycles. The van der Waals surface area contributed by atoms with Gasteiger partial charge in [-0.3, -0.25) is 4.98 Å². The Morgan fingerprint density at radius 1 is 1.24 bits per heavy atom. The van der Waals surface area contributed by atoms with Crippen LogP contribution in [0.25, 0.3) is 16.7 Å². The summed E-state index contributed by atoms with van der Waals surface area (Å²) in [6, 6.07) is 7.86. The van der Waals surface area contributed by atoms with Gasteiger partial charge >= 0.3 is 0 Å². The lowest BCUT2D eigenvalue weighted by atomic mass is 10.4. The van der Waals surface area contributed by atoms with Crippen LogP contribution in [0, 0.1) is 0 Å². The van der Waals surface area contributed by atoms with Crippen molar-refractivity contribution in [2.75, 3.05) is 19.0 Å². The van der Waals surface area contributed by atoms with Crippen LogP contribution in [0.5, 0.6) is 0 Å². The van der Waals surface area contributed by atoms with Crippen molar-refractivity contribution < 1.29 is 4.74 Å². The molecule has 21 heavy (non-hydrogen) atoms. The van der Waals surface area contributed by atoms with E-state index in [0.717, 1.165) is 40.7 Å². The molecule has 3 aromatic heterocycles. The molecule has 0 saturated heterocycles. The number of hydrogen-bond donors (Lipinski definition) is 0. The van der Waals surface area contributed by atoms with Crippen molar-refractivity contribution in [3.8, 4) is 5.69 Å². The lowest BCUT2D eigenvalue weighted by Crippen LogP contribution is -1.96. The first-order valence-corrected chi connectivity index (χ1v) is 7.83. The smallest absolute Gasteiger partial charge is 0.111 e. The first kappa shape index (κ1) is 14.0. The van der Waals surface area contributed by atoms with Crippen molar-refractivity contribution in [3.63, 3.8) is 0 Å². The summed E-state index contributed by atoms with van der Waals surface area (Å²) in [6.07, 6.45) is 5.46. The van der Waals surface area contributed by atoms with Gasteiger partial charge in [-0.1, -0.05) is 0 Å². The van der Waals surface area contributed by atoms with Gasteiger partial charge in [-0.15, -0.1) is 11.8 Å². The van der Waals surface area contributed by atoms with Crippen LogP contribution in [-0.2, 0) is 4.74 Å². The Morgan fingerprint density at radius 3 is 3.00 bits per heavy atom. The molecule has 3 rings (SSSR count). The molecule has 0 saturated carbocycles. The molecule has 6 heteroatoms. The van der Waals surface area contributed by atoms with Crippen LogP contribution in [0.2, 0.25) is 0 Å². The van der Waals surface area contributed by atoms with Gasteiger partial charge in [0.15, 0.2) is 0 Å². The molecule has 0 atom stereocenters. The Kier molecular flexibility index (Phi) is 4.47. The van der Waals surface area contributed by atoms with Gasteiger partial charge < -0.3 is 4.74 Å². The summed E-state index contributed by atoms with van der Waals surface area (Å²) in [6.45, 7) is 3.50. The van der Waals surface area contributed by atoms with E-state index in [4.69, 9.17) is 4.74 Å². The minimum atomic E-state index is 0.746. The van der Waals surface area contributed by atoms with E-state index in [2.05, 4.69) is 15.1 Å². The Labute approximate surface area is 127 Å². The zero-order valence-corrected chi connectivity index (χ0v) is 12.6. The van der Waals surface area contributed by atoms with E-state index in [0.29, 0.717) is 0 Å². The normalized spacial score (nSPS) is 11.1. The largest absolute Gasteiger partial charge is 0.381 e. The second kappa shape index (κ2) is 6.69. The van der Waals surface area contributed by atoms with Gasteiger partial charge in [0.05, 0.1) is 29.7 Å². The molecule has 0 aliphatic rings. The van der Waals surface area contributed by atoms with Gasteiger partial charge in [-0.05, 0) is 31.2 Å². The van der Waals surface area contributed by atoms with Crippen molar-refractivity contribution in [3.05, 3.63) is 42.9 Å². The number of hydrogen-bond acceptors (Lipinski definition) is 5. The molecule has 108 valence electrons. The maximum atomic E-state index is 5.33. The topological polar surface area (TPSA) is 52.8 Å². The zero-order valence-electron chi connectivity index (χ0n) is 11.8. The molecule has 0 radical (unpaired) electrons. The highest BCUT2D eigenvalue weighted by molar-refractivity contribution is 7.99. The molecule has 0 spiro atoms. The van der Waals surface area contributed by atoms with Crippen molar-refractivity contribution >= 4 is 22.8 Å². The summed E-state index contributed by atoms with van der Waals surface area (Å²) in [5, 5.41) is 5.51. The van der Waals surface area contributed by atoms with E-state index in [1.165, 1.54) is 0 Å². The third-order valence-corrected chi connectivity index (χ3v) is 3.82. The highest BCUT2D eigenvalue weighted by atomic mass is 32.2. The highest BCUT2D eigenvalue weighted by Gasteiger charge is 2.05. The summed E-state index contributed by atoms with van der Waals surface area (Å²) < 4.78 is 7.14. The third kappa shape index (κ3) is 3.40. The van der Waals surface area contributed by atoms with Gasteiger partial charge in [-0.25, -0.2) is 9.67 Å². The second-order valence-corrected chi connectivity index (χ2v) is 5.50. The summed E-state index contributed by atoms with van der Waals surface area (Å²) in [5.41, 5.74) is 2.70. The summed E-state index contributed by atoms with van der Waals surface area (Å²) >= 11 is 1.69. The molecule has 0 bridgehead atoms. The molecule has 5 nitrogen and oxygen atoms in total. The second-order valence-electron chi connectivity index (χ2n) is 4.38. The van der Waals surface area contributed by atoms with Crippen LogP contribution in [0.4, 0.5) is 0 Å². The Hall–Kier alpha value is -1.92. The van der Waals surface area contributed by atoms with Crippen molar-refractivity contribution in [2.24, 2.45) is 0 Å². The van der Waals surface area contributed by atoms with Crippen molar-refractivity contribution in [1.82, 2.24) is 19.7 Å². The monoisotopic (exact) mass is 300 g/mol. The fourth-order valence-electron chi connectivity index (χ4n) is 1.94. The van der Waals surface area contributed by atoms with E-state index >= 15 is 0 Å². The average Bonchev–Trinajstić information content (AvgIpc) is 2.96. The van der Waals surface area contributed by atoms with Gasteiger partial charge in [0.1, 0.15) is 11.0 Å². The van der Waals surface area contributed by atoms with Crippen LogP contribution in [0.15, 0.2) is 47.9 Å². The molecule has 3 aromatic rings. The van der Waals surface area contributed by atoms with Gasteiger partial charge in [0.25, 0.3) is 0 Å². The molecule has 0 fully saturated rings. The van der Waals surface area contributed by atoms with E-state index < -0.39 is 0 Å². The molecular weight excluding hydrogens is 284 g/mol. The minimum Gasteiger partial charge on any atom is -0.381 e. The van der Waals surface area contributed by atoms with Crippen LogP contribution < -0.4 is 0 Å². The number of ether oxygens (including phenoxy) is 1.